The fourth-order valence-electron chi connectivity index (χ4n) is 2.57. The number of likely N-dealkylation sites (N-methyl/N-ethyl adjacent to an activating group) is 1. The number of hydrogen-bond acceptors (Lipinski definition) is 5. The second-order valence-corrected chi connectivity index (χ2v) is 6.22. The summed E-state index contributed by atoms with van der Waals surface area (Å²) < 4.78 is 0. The average Bonchev–Trinajstić information content (AvgIpc) is 2.97. The van der Waals surface area contributed by atoms with Crippen LogP contribution in [0, 0.1) is 0 Å². The molecule has 2 aromatic rings. The number of carbonyl (C=O) groups excluding carboxylic acids is 1. The van der Waals surface area contributed by atoms with Gasteiger partial charge in [-0.05, 0) is 26.1 Å². The molecule has 0 spiro atoms. The molecule has 1 aliphatic rings. The number of piperazine rings is 1. The molecule has 0 aromatic carbocycles. The third-order valence-corrected chi connectivity index (χ3v) is 4.56. The van der Waals surface area contributed by atoms with E-state index in [1.165, 1.54) is 11.3 Å². The van der Waals surface area contributed by atoms with Crippen molar-refractivity contribution < 1.29 is 4.79 Å². The number of carbonyl (C=O) groups is 1. The fourth-order valence-corrected chi connectivity index (χ4v) is 3.34. The van der Waals surface area contributed by atoms with Crippen LogP contribution >= 0.6 is 11.3 Å². The number of nitrogens with zero attached hydrogens (tertiary/aromatic N) is 4. The topological polar surface area (TPSA) is 49.3 Å². The van der Waals surface area contributed by atoms with Gasteiger partial charge in [0.15, 0.2) is 0 Å². The summed E-state index contributed by atoms with van der Waals surface area (Å²) >= 11 is 1.47. The van der Waals surface area contributed by atoms with Crippen LogP contribution in [0.3, 0.4) is 0 Å². The lowest BCUT2D eigenvalue weighted by Gasteiger charge is -2.37. The summed E-state index contributed by atoms with van der Waals surface area (Å²) in [6.45, 7) is 4.66. The molecule has 0 N–H and O–H groups in total. The van der Waals surface area contributed by atoms with E-state index < -0.39 is 0 Å². The molecule has 6 heteroatoms. The van der Waals surface area contributed by atoms with Crippen molar-refractivity contribution in [1.82, 2.24) is 19.8 Å². The lowest BCUT2D eigenvalue weighted by molar-refractivity contribution is 0.0528. The molecule has 2 aromatic heterocycles. The van der Waals surface area contributed by atoms with E-state index in [2.05, 4.69) is 28.8 Å². The van der Waals surface area contributed by atoms with E-state index in [-0.39, 0.29) is 11.9 Å². The Labute approximate surface area is 128 Å². The van der Waals surface area contributed by atoms with Gasteiger partial charge in [0.25, 0.3) is 5.91 Å². The zero-order valence-corrected chi connectivity index (χ0v) is 13.0. The maximum absolute atomic E-state index is 12.6. The van der Waals surface area contributed by atoms with Crippen molar-refractivity contribution in [1.29, 1.82) is 0 Å². The molecule has 0 saturated carbocycles. The van der Waals surface area contributed by atoms with E-state index in [1.807, 2.05) is 28.5 Å². The van der Waals surface area contributed by atoms with E-state index >= 15 is 0 Å². The van der Waals surface area contributed by atoms with Gasteiger partial charge >= 0.3 is 0 Å². The average molecular weight is 302 g/mol. The third kappa shape index (κ3) is 2.96. The lowest BCUT2D eigenvalue weighted by atomic mass is 10.2. The standard InChI is InChI=1S/C15H18N4OS/c1-11-9-18(2)7-8-19(11)15(20)13-10-21-14(17-13)12-5-3-4-6-16-12/h3-6,10-11H,7-9H2,1-2H3/t11-/m1/s1. The summed E-state index contributed by atoms with van der Waals surface area (Å²) in [4.78, 5) is 25.5. The summed E-state index contributed by atoms with van der Waals surface area (Å²) in [5.41, 5.74) is 1.34. The first-order chi connectivity index (χ1) is 10.1. The number of amides is 1. The number of pyridine rings is 1. The molecule has 3 heterocycles. The van der Waals surface area contributed by atoms with Crippen LogP contribution in [-0.2, 0) is 0 Å². The minimum Gasteiger partial charge on any atom is -0.332 e. The van der Waals surface area contributed by atoms with Crippen LogP contribution in [0.4, 0.5) is 0 Å². The van der Waals surface area contributed by atoms with Crippen molar-refractivity contribution in [3.8, 4) is 10.7 Å². The van der Waals surface area contributed by atoms with Crippen molar-refractivity contribution in [2.75, 3.05) is 26.7 Å². The zero-order chi connectivity index (χ0) is 14.8. The minimum atomic E-state index is 0.0223. The van der Waals surface area contributed by atoms with Gasteiger partial charge in [-0.1, -0.05) is 6.07 Å². The summed E-state index contributed by atoms with van der Waals surface area (Å²) in [5, 5.41) is 2.62. The Morgan fingerprint density at radius 3 is 2.95 bits per heavy atom. The molecule has 21 heavy (non-hydrogen) atoms. The van der Waals surface area contributed by atoms with Crippen LogP contribution in [0.5, 0.6) is 0 Å². The molecule has 1 fully saturated rings. The first-order valence-electron chi connectivity index (χ1n) is 7.01. The normalized spacial score (nSPS) is 19.7. The Hall–Kier alpha value is -1.79. The Bertz CT molecular complexity index is 628. The van der Waals surface area contributed by atoms with Gasteiger partial charge in [-0.25, -0.2) is 4.98 Å². The monoisotopic (exact) mass is 302 g/mol. The first kappa shape index (κ1) is 14.2. The quantitative estimate of drug-likeness (QED) is 0.851. The van der Waals surface area contributed by atoms with E-state index in [0.717, 1.165) is 30.3 Å². The Balaban J connectivity index is 1.78. The lowest BCUT2D eigenvalue weighted by Crippen LogP contribution is -2.52. The van der Waals surface area contributed by atoms with Gasteiger partial charge in [0, 0.05) is 37.3 Å². The number of aromatic nitrogens is 2. The molecule has 1 amide bonds. The highest BCUT2D eigenvalue weighted by Gasteiger charge is 2.28. The smallest absolute Gasteiger partial charge is 0.273 e. The fraction of sp³-hybridized carbons (Fsp3) is 0.400. The summed E-state index contributed by atoms with van der Waals surface area (Å²) in [7, 11) is 2.08. The first-order valence-corrected chi connectivity index (χ1v) is 7.89. The van der Waals surface area contributed by atoms with E-state index in [9.17, 15) is 4.79 Å². The molecule has 0 unspecified atom stereocenters. The van der Waals surface area contributed by atoms with E-state index in [1.54, 1.807) is 6.20 Å². The summed E-state index contributed by atoms with van der Waals surface area (Å²) in [5.74, 6) is 0.0223. The molecule has 5 nitrogen and oxygen atoms in total. The highest BCUT2D eigenvalue weighted by Crippen LogP contribution is 2.23. The van der Waals surface area contributed by atoms with E-state index in [0.29, 0.717) is 5.69 Å². The number of rotatable bonds is 2. The maximum Gasteiger partial charge on any atom is 0.273 e. The SMILES string of the molecule is C[C@@H]1CN(C)CCN1C(=O)c1csc(-c2ccccn2)n1. The molecule has 0 aliphatic carbocycles. The van der Waals surface area contributed by atoms with Gasteiger partial charge in [-0.3, -0.25) is 9.78 Å². The van der Waals surface area contributed by atoms with Crippen LogP contribution in [0.2, 0.25) is 0 Å². The molecular weight excluding hydrogens is 284 g/mol. The highest BCUT2D eigenvalue weighted by atomic mass is 32.1. The summed E-state index contributed by atoms with van der Waals surface area (Å²) in [6, 6.07) is 5.92. The van der Waals surface area contributed by atoms with Crippen LogP contribution in [0.15, 0.2) is 29.8 Å². The third-order valence-electron chi connectivity index (χ3n) is 3.70. The Kier molecular flexibility index (Phi) is 3.98. The molecule has 1 atom stereocenters. The number of hydrogen-bond donors (Lipinski definition) is 0. The van der Waals surface area contributed by atoms with Crippen LogP contribution in [0.1, 0.15) is 17.4 Å². The van der Waals surface area contributed by atoms with Crippen LogP contribution < -0.4 is 0 Å². The van der Waals surface area contributed by atoms with Crippen LogP contribution in [0.25, 0.3) is 10.7 Å². The largest absolute Gasteiger partial charge is 0.332 e. The second-order valence-electron chi connectivity index (χ2n) is 5.36. The van der Waals surface area contributed by atoms with Crippen molar-refractivity contribution in [3.05, 3.63) is 35.5 Å². The molecule has 3 rings (SSSR count). The van der Waals surface area contributed by atoms with Gasteiger partial charge in [-0.15, -0.1) is 11.3 Å². The van der Waals surface area contributed by atoms with E-state index in [4.69, 9.17) is 0 Å². The maximum atomic E-state index is 12.6. The Morgan fingerprint density at radius 2 is 2.24 bits per heavy atom. The van der Waals surface area contributed by atoms with Gasteiger partial charge < -0.3 is 9.80 Å². The minimum absolute atomic E-state index is 0.0223. The predicted octanol–water partition coefficient (Wildman–Crippen LogP) is 1.98. The van der Waals surface area contributed by atoms with Gasteiger partial charge in [0.2, 0.25) is 0 Å². The predicted molar refractivity (Wildman–Crippen MR) is 83.3 cm³/mol. The second kappa shape index (κ2) is 5.91. The zero-order valence-electron chi connectivity index (χ0n) is 12.2. The molecular formula is C15H18N4OS. The van der Waals surface area contributed by atoms with Gasteiger partial charge in [-0.2, -0.15) is 0 Å². The van der Waals surface area contributed by atoms with Crippen molar-refractivity contribution in [3.63, 3.8) is 0 Å². The highest BCUT2D eigenvalue weighted by molar-refractivity contribution is 7.13. The molecule has 1 aliphatic heterocycles. The Morgan fingerprint density at radius 1 is 1.38 bits per heavy atom. The van der Waals surface area contributed by atoms with Gasteiger partial charge in [0.1, 0.15) is 10.7 Å². The van der Waals surface area contributed by atoms with Crippen molar-refractivity contribution in [2.24, 2.45) is 0 Å². The van der Waals surface area contributed by atoms with Crippen molar-refractivity contribution in [2.45, 2.75) is 13.0 Å². The summed E-state index contributed by atoms with van der Waals surface area (Å²) in [6.07, 6.45) is 1.74. The number of thiazole rings is 1. The van der Waals surface area contributed by atoms with Gasteiger partial charge in [0.05, 0.1) is 5.69 Å². The molecule has 110 valence electrons. The molecule has 1 saturated heterocycles. The molecule has 0 radical (unpaired) electrons. The molecule has 0 bridgehead atoms. The van der Waals surface area contributed by atoms with Crippen LogP contribution in [-0.4, -0.2) is 58.4 Å². The van der Waals surface area contributed by atoms with Crippen molar-refractivity contribution >= 4 is 17.2 Å².